The van der Waals surface area contributed by atoms with Crippen LogP contribution in [0.5, 0.6) is 0 Å². The van der Waals surface area contributed by atoms with Gasteiger partial charge in [-0.05, 0) is 46.1 Å². The lowest BCUT2D eigenvalue weighted by atomic mass is 9.94. The van der Waals surface area contributed by atoms with E-state index in [1.54, 1.807) is 11.3 Å². The van der Waals surface area contributed by atoms with Crippen LogP contribution < -0.4 is 5.32 Å². The van der Waals surface area contributed by atoms with Crippen LogP contribution in [0.2, 0.25) is 0 Å². The molecule has 26 heavy (non-hydrogen) atoms. The van der Waals surface area contributed by atoms with E-state index in [2.05, 4.69) is 15.2 Å². The second-order valence-corrected chi connectivity index (χ2v) is 8.21. The average Bonchev–Trinajstić information content (AvgIpc) is 3.07. The number of aromatic nitrogens is 3. The van der Waals surface area contributed by atoms with Gasteiger partial charge in [-0.25, -0.2) is 15.0 Å². The molecule has 0 aromatic carbocycles. The Morgan fingerprint density at radius 1 is 1.12 bits per heavy atom. The number of rotatable bonds is 4. The first-order valence-corrected chi connectivity index (χ1v) is 10.4. The van der Waals surface area contributed by atoms with Crippen LogP contribution in [0.4, 0.5) is 10.9 Å². The van der Waals surface area contributed by atoms with Gasteiger partial charge >= 0.3 is 0 Å². The lowest BCUT2D eigenvalue weighted by Crippen LogP contribution is -2.44. The maximum Gasteiger partial charge on any atom is 0.188 e. The van der Waals surface area contributed by atoms with Crippen molar-refractivity contribution in [2.75, 3.05) is 31.6 Å². The maximum atomic E-state index is 5.53. The highest BCUT2D eigenvalue weighted by Crippen LogP contribution is 2.29. The molecule has 0 aliphatic carbocycles. The molecule has 4 heterocycles. The summed E-state index contributed by atoms with van der Waals surface area (Å²) in [5.41, 5.74) is 2.04. The van der Waals surface area contributed by atoms with Crippen molar-refractivity contribution in [3.8, 4) is 0 Å². The molecule has 4 rings (SSSR count). The third-order valence-electron chi connectivity index (χ3n) is 5.25. The number of nitrogens with zero attached hydrogens (tertiary/aromatic N) is 4. The van der Waals surface area contributed by atoms with Crippen LogP contribution in [0.1, 0.15) is 48.8 Å². The van der Waals surface area contributed by atoms with Crippen LogP contribution >= 0.6 is 11.3 Å². The number of anilines is 2. The second kappa shape index (κ2) is 7.98. The average molecular weight is 374 g/mol. The Labute approximate surface area is 159 Å². The predicted molar refractivity (Wildman–Crippen MR) is 104 cm³/mol. The first kappa shape index (κ1) is 17.8. The highest BCUT2D eigenvalue weighted by atomic mass is 32.1. The molecule has 0 amide bonds. The maximum absolute atomic E-state index is 5.53. The number of ether oxygens (including phenoxy) is 1. The number of likely N-dealkylation sites (tertiary alicyclic amines) is 1. The summed E-state index contributed by atoms with van der Waals surface area (Å²) in [6.07, 6.45) is 4.68. The van der Waals surface area contributed by atoms with Crippen LogP contribution in [0.25, 0.3) is 0 Å². The van der Waals surface area contributed by atoms with Crippen molar-refractivity contribution >= 4 is 22.3 Å². The first-order chi connectivity index (χ1) is 12.7. The number of aryl methyl sites for hydroxylation is 2. The molecule has 0 bridgehead atoms. The van der Waals surface area contributed by atoms with E-state index in [0.717, 1.165) is 60.8 Å². The number of nitrogens with one attached hydrogen (secondary N) is 1. The van der Waals surface area contributed by atoms with Gasteiger partial charge in [0.15, 0.2) is 5.13 Å². The topological polar surface area (TPSA) is 63.2 Å². The summed E-state index contributed by atoms with van der Waals surface area (Å²) < 4.78 is 5.53. The largest absolute Gasteiger partial charge is 0.381 e. The van der Waals surface area contributed by atoms with Gasteiger partial charge in [-0.15, -0.1) is 11.3 Å². The summed E-state index contributed by atoms with van der Waals surface area (Å²) in [6.45, 7) is 8.09. The van der Waals surface area contributed by atoms with Gasteiger partial charge in [-0.2, -0.15) is 0 Å². The van der Waals surface area contributed by atoms with E-state index in [4.69, 9.17) is 14.7 Å². The molecule has 1 atom stereocenters. The van der Waals surface area contributed by atoms with Crippen LogP contribution in [0.3, 0.4) is 0 Å². The molecule has 2 fully saturated rings. The Morgan fingerprint density at radius 2 is 1.96 bits per heavy atom. The number of hydrogen-bond donors (Lipinski definition) is 1. The summed E-state index contributed by atoms with van der Waals surface area (Å²) in [5.74, 6) is 2.23. The molecule has 0 radical (unpaired) electrons. The van der Waals surface area contributed by atoms with Crippen LogP contribution in [0.15, 0.2) is 11.4 Å². The number of piperidine rings is 1. The zero-order valence-corrected chi connectivity index (χ0v) is 16.4. The van der Waals surface area contributed by atoms with Gasteiger partial charge in [0.1, 0.15) is 11.6 Å². The molecule has 140 valence electrons. The smallest absolute Gasteiger partial charge is 0.188 e. The molecule has 2 aromatic rings. The van der Waals surface area contributed by atoms with E-state index >= 15 is 0 Å². The van der Waals surface area contributed by atoms with Crippen molar-refractivity contribution in [3.63, 3.8) is 0 Å². The molecule has 2 aliphatic heterocycles. The van der Waals surface area contributed by atoms with Crippen molar-refractivity contribution in [2.24, 2.45) is 0 Å². The molecular weight excluding hydrogens is 346 g/mol. The molecule has 0 spiro atoms. The molecular formula is C19H27N5OS. The lowest BCUT2D eigenvalue weighted by molar-refractivity contribution is 0.0235. The minimum atomic E-state index is 0.407. The zero-order chi connectivity index (χ0) is 17.9. The molecule has 1 unspecified atom stereocenters. The normalized spacial score (nSPS) is 22.5. The minimum Gasteiger partial charge on any atom is -0.381 e. The van der Waals surface area contributed by atoms with Crippen LogP contribution in [-0.2, 0) is 4.74 Å². The molecule has 7 heteroatoms. The van der Waals surface area contributed by atoms with Crippen molar-refractivity contribution in [1.29, 1.82) is 0 Å². The SMILES string of the molecule is Cc1cc(Nc2nc(C)cs2)nc(C2CCCN(C3CCOCC3)C2)n1. The number of thiazole rings is 1. The fourth-order valence-corrected chi connectivity index (χ4v) is 4.65. The van der Waals surface area contributed by atoms with E-state index < -0.39 is 0 Å². The van der Waals surface area contributed by atoms with Gasteiger partial charge in [0.25, 0.3) is 0 Å². The van der Waals surface area contributed by atoms with Gasteiger partial charge in [-0.1, -0.05) is 0 Å². The van der Waals surface area contributed by atoms with Crippen molar-refractivity contribution < 1.29 is 4.74 Å². The third-order valence-corrected chi connectivity index (χ3v) is 6.13. The fraction of sp³-hybridized carbons (Fsp3) is 0.632. The molecule has 2 saturated heterocycles. The highest BCUT2D eigenvalue weighted by Gasteiger charge is 2.29. The Kier molecular flexibility index (Phi) is 5.47. The minimum absolute atomic E-state index is 0.407. The monoisotopic (exact) mass is 373 g/mol. The molecule has 2 aliphatic rings. The Hall–Kier alpha value is -1.57. The zero-order valence-electron chi connectivity index (χ0n) is 15.6. The van der Waals surface area contributed by atoms with Gasteiger partial charge < -0.3 is 10.1 Å². The van der Waals surface area contributed by atoms with Crippen molar-refractivity contribution in [3.05, 3.63) is 28.7 Å². The van der Waals surface area contributed by atoms with E-state index in [9.17, 15) is 0 Å². The van der Waals surface area contributed by atoms with Crippen LogP contribution in [-0.4, -0.2) is 52.2 Å². The van der Waals surface area contributed by atoms with Gasteiger partial charge in [0, 0.05) is 48.9 Å². The summed E-state index contributed by atoms with van der Waals surface area (Å²) >= 11 is 1.61. The molecule has 6 nitrogen and oxygen atoms in total. The Balaban J connectivity index is 1.49. The Bertz CT molecular complexity index is 743. The summed E-state index contributed by atoms with van der Waals surface area (Å²) in [5, 5.41) is 6.28. The highest BCUT2D eigenvalue weighted by molar-refractivity contribution is 7.13. The van der Waals surface area contributed by atoms with Crippen molar-refractivity contribution in [2.45, 2.75) is 51.5 Å². The second-order valence-electron chi connectivity index (χ2n) is 7.35. The number of hydrogen-bond acceptors (Lipinski definition) is 7. The molecule has 2 aromatic heterocycles. The third kappa shape index (κ3) is 4.22. The van der Waals surface area contributed by atoms with Crippen LogP contribution in [0, 0.1) is 13.8 Å². The first-order valence-electron chi connectivity index (χ1n) is 9.54. The van der Waals surface area contributed by atoms with E-state index in [-0.39, 0.29) is 0 Å². The summed E-state index contributed by atoms with van der Waals surface area (Å²) in [6, 6.07) is 2.66. The predicted octanol–water partition coefficient (Wildman–Crippen LogP) is 3.65. The molecule has 0 saturated carbocycles. The van der Waals surface area contributed by atoms with Gasteiger partial charge in [0.05, 0.1) is 5.69 Å². The standard InChI is InChI=1S/C19H27N5OS/c1-13-10-17(23-19-21-14(2)12-26-19)22-18(20-13)15-4-3-7-24(11-15)16-5-8-25-9-6-16/h10,12,15-16H,3-9,11H2,1-2H3,(H,20,21,22,23). The summed E-state index contributed by atoms with van der Waals surface area (Å²) in [4.78, 5) is 16.7. The Morgan fingerprint density at radius 3 is 2.73 bits per heavy atom. The fourth-order valence-electron chi connectivity index (χ4n) is 3.96. The van der Waals surface area contributed by atoms with E-state index in [0.29, 0.717) is 12.0 Å². The van der Waals surface area contributed by atoms with Gasteiger partial charge in [-0.3, -0.25) is 4.90 Å². The van der Waals surface area contributed by atoms with Gasteiger partial charge in [0.2, 0.25) is 0 Å². The lowest BCUT2D eigenvalue weighted by Gasteiger charge is -2.39. The van der Waals surface area contributed by atoms with E-state index in [1.807, 2.05) is 25.3 Å². The summed E-state index contributed by atoms with van der Waals surface area (Å²) in [7, 11) is 0. The van der Waals surface area contributed by atoms with E-state index in [1.165, 1.54) is 19.4 Å². The quantitative estimate of drug-likeness (QED) is 0.883. The van der Waals surface area contributed by atoms with Crippen molar-refractivity contribution in [1.82, 2.24) is 19.9 Å². The molecule has 1 N–H and O–H groups in total.